The van der Waals surface area contributed by atoms with Crippen molar-refractivity contribution in [3.63, 3.8) is 0 Å². The maximum Gasteiger partial charge on any atom is 0.327 e. The van der Waals surface area contributed by atoms with Crippen molar-refractivity contribution < 1.29 is 14.7 Å². The summed E-state index contributed by atoms with van der Waals surface area (Å²) in [5, 5.41) is 11.3. The predicted molar refractivity (Wildman–Crippen MR) is 65.6 cm³/mol. The van der Waals surface area contributed by atoms with Crippen LogP contribution >= 0.6 is 11.8 Å². The van der Waals surface area contributed by atoms with Crippen LogP contribution in [0.3, 0.4) is 0 Å². The van der Waals surface area contributed by atoms with Gasteiger partial charge in [0.05, 0.1) is 5.69 Å². The number of thioether (sulfide) groups is 1. The fraction of sp³-hybridized carbons (Fsp3) is 0.364. The Kier molecular flexibility index (Phi) is 5.48. The molecule has 0 saturated carbocycles. The first-order valence-electron chi connectivity index (χ1n) is 5.07. The summed E-state index contributed by atoms with van der Waals surface area (Å²) in [5.41, 5.74) is 0.893. The van der Waals surface area contributed by atoms with E-state index in [2.05, 4.69) is 10.3 Å². The normalized spacial score (nSPS) is 11.8. The van der Waals surface area contributed by atoms with Gasteiger partial charge in [-0.1, -0.05) is 6.07 Å². The van der Waals surface area contributed by atoms with Crippen molar-refractivity contribution in [1.29, 1.82) is 0 Å². The number of amides is 1. The van der Waals surface area contributed by atoms with E-state index in [1.165, 1.54) is 18.7 Å². The lowest BCUT2D eigenvalue weighted by molar-refractivity contribution is -0.140. The highest BCUT2D eigenvalue weighted by molar-refractivity contribution is 7.98. The van der Waals surface area contributed by atoms with Crippen molar-refractivity contribution in [2.24, 2.45) is 0 Å². The van der Waals surface area contributed by atoms with Gasteiger partial charge in [0.15, 0.2) is 0 Å². The third kappa shape index (κ3) is 5.35. The number of nitrogens with zero attached hydrogens (tertiary/aromatic N) is 1. The number of carbonyl (C=O) groups is 2. The molecule has 1 heterocycles. The molecule has 1 atom stereocenters. The van der Waals surface area contributed by atoms with Gasteiger partial charge < -0.3 is 10.4 Å². The van der Waals surface area contributed by atoms with Crippen LogP contribution < -0.4 is 5.32 Å². The molecule has 1 rings (SSSR count). The third-order valence-corrected chi connectivity index (χ3v) is 3.01. The van der Waals surface area contributed by atoms with E-state index in [0.717, 1.165) is 5.69 Å². The van der Waals surface area contributed by atoms with Crippen molar-refractivity contribution >= 4 is 23.6 Å². The molecular weight excluding hydrogens is 240 g/mol. The summed E-state index contributed by atoms with van der Waals surface area (Å²) >= 11 is 1.43. The quantitative estimate of drug-likeness (QED) is 0.788. The van der Waals surface area contributed by atoms with Crippen LogP contribution in [0.2, 0.25) is 0 Å². The molecule has 6 heteroatoms. The lowest BCUT2D eigenvalue weighted by Gasteiger charge is -2.12. The molecule has 0 aliphatic carbocycles. The molecule has 92 valence electrons. The molecule has 1 aromatic heterocycles. The molecule has 0 aromatic carbocycles. The van der Waals surface area contributed by atoms with Gasteiger partial charge in [0.1, 0.15) is 6.04 Å². The monoisotopic (exact) mass is 254 g/mol. The van der Waals surface area contributed by atoms with Crippen LogP contribution in [0.5, 0.6) is 0 Å². The van der Waals surface area contributed by atoms with E-state index in [-0.39, 0.29) is 5.91 Å². The topological polar surface area (TPSA) is 79.3 Å². The number of nitrogens with one attached hydrogen (secondary N) is 1. The van der Waals surface area contributed by atoms with Gasteiger partial charge in [0, 0.05) is 24.6 Å². The second kappa shape index (κ2) is 6.90. The minimum absolute atomic E-state index is 0.325. The van der Waals surface area contributed by atoms with Crippen LogP contribution in [-0.2, 0) is 15.3 Å². The number of hydrogen-bond donors (Lipinski definition) is 2. The number of carboxylic acid groups (broad SMARTS) is 1. The zero-order valence-electron chi connectivity index (χ0n) is 9.42. The Bertz CT molecular complexity index is 384. The third-order valence-electron chi connectivity index (χ3n) is 1.94. The summed E-state index contributed by atoms with van der Waals surface area (Å²) in [6.07, 6.45) is 1.69. The summed E-state index contributed by atoms with van der Waals surface area (Å²) < 4.78 is 0. The van der Waals surface area contributed by atoms with E-state index >= 15 is 0 Å². The van der Waals surface area contributed by atoms with Crippen molar-refractivity contribution in [2.75, 3.05) is 5.75 Å². The molecule has 1 amide bonds. The molecule has 1 aromatic rings. The largest absolute Gasteiger partial charge is 0.480 e. The summed E-state index contributed by atoms with van der Waals surface area (Å²) in [5.74, 6) is -0.403. The first-order chi connectivity index (χ1) is 8.09. The molecule has 0 bridgehead atoms. The fourth-order valence-corrected chi connectivity index (χ4v) is 2.14. The second-order valence-corrected chi connectivity index (χ2v) is 4.46. The number of pyridine rings is 1. The summed E-state index contributed by atoms with van der Waals surface area (Å²) in [6, 6.07) is 4.74. The van der Waals surface area contributed by atoms with Crippen LogP contribution in [-0.4, -0.2) is 33.8 Å². The molecule has 0 aliphatic rings. The number of aromatic nitrogens is 1. The predicted octanol–water partition coefficient (Wildman–Crippen LogP) is 0.904. The van der Waals surface area contributed by atoms with Gasteiger partial charge in [-0.3, -0.25) is 9.78 Å². The van der Waals surface area contributed by atoms with Crippen LogP contribution in [0.1, 0.15) is 12.6 Å². The summed E-state index contributed by atoms with van der Waals surface area (Å²) in [4.78, 5) is 25.8. The average Bonchev–Trinajstić information content (AvgIpc) is 2.28. The highest BCUT2D eigenvalue weighted by Crippen LogP contribution is 2.10. The van der Waals surface area contributed by atoms with Crippen LogP contribution in [0, 0.1) is 0 Å². The second-order valence-electron chi connectivity index (χ2n) is 3.43. The van der Waals surface area contributed by atoms with E-state index in [4.69, 9.17) is 5.11 Å². The van der Waals surface area contributed by atoms with Gasteiger partial charge in [0.2, 0.25) is 5.91 Å². The lowest BCUT2D eigenvalue weighted by Crippen LogP contribution is -2.41. The Balaban J connectivity index is 2.37. The number of hydrogen-bond acceptors (Lipinski definition) is 4. The molecule has 0 unspecified atom stereocenters. The zero-order chi connectivity index (χ0) is 12.7. The molecule has 0 fully saturated rings. The molecule has 0 aliphatic heterocycles. The Morgan fingerprint density at radius 3 is 2.82 bits per heavy atom. The standard InChI is InChI=1S/C11H14N2O3S/c1-8(14)13-10(11(15)16)7-17-6-9-4-2-3-5-12-9/h2-5,10H,6-7H2,1H3,(H,13,14)(H,15,16)/t10-/m0/s1. The molecule has 17 heavy (non-hydrogen) atoms. The minimum Gasteiger partial charge on any atom is -0.480 e. The van der Waals surface area contributed by atoms with Crippen molar-refractivity contribution in [1.82, 2.24) is 10.3 Å². The molecule has 0 radical (unpaired) electrons. The van der Waals surface area contributed by atoms with Gasteiger partial charge in [-0.15, -0.1) is 0 Å². The van der Waals surface area contributed by atoms with E-state index in [0.29, 0.717) is 11.5 Å². The molecular formula is C11H14N2O3S. The SMILES string of the molecule is CC(=O)N[C@@H](CSCc1ccccn1)C(=O)O. The smallest absolute Gasteiger partial charge is 0.327 e. The van der Waals surface area contributed by atoms with E-state index in [9.17, 15) is 9.59 Å². The Labute approximate surface area is 104 Å². The Morgan fingerprint density at radius 2 is 2.29 bits per heavy atom. The minimum atomic E-state index is -1.02. The van der Waals surface area contributed by atoms with Gasteiger partial charge >= 0.3 is 5.97 Å². The zero-order valence-corrected chi connectivity index (χ0v) is 10.2. The highest BCUT2D eigenvalue weighted by atomic mass is 32.2. The van der Waals surface area contributed by atoms with Gasteiger partial charge in [-0.2, -0.15) is 11.8 Å². The first-order valence-corrected chi connectivity index (χ1v) is 6.22. The Morgan fingerprint density at radius 1 is 1.53 bits per heavy atom. The maximum absolute atomic E-state index is 10.8. The first kappa shape index (κ1) is 13.5. The van der Waals surface area contributed by atoms with Gasteiger partial charge in [-0.05, 0) is 12.1 Å². The number of carboxylic acids is 1. The maximum atomic E-state index is 10.8. The highest BCUT2D eigenvalue weighted by Gasteiger charge is 2.17. The molecule has 2 N–H and O–H groups in total. The molecule has 0 spiro atoms. The van der Waals surface area contributed by atoms with Crippen LogP contribution in [0.25, 0.3) is 0 Å². The van der Waals surface area contributed by atoms with E-state index in [1.807, 2.05) is 18.2 Å². The lowest BCUT2D eigenvalue weighted by atomic mass is 10.3. The van der Waals surface area contributed by atoms with E-state index in [1.54, 1.807) is 6.20 Å². The van der Waals surface area contributed by atoms with Crippen LogP contribution in [0.15, 0.2) is 24.4 Å². The molecule has 0 saturated heterocycles. The number of aliphatic carboxylic acids is 1. The average molecular weight is 254 g/mol. The van der Waals surface area contributed by atoms with Crippen molar-refractivity contribution in [3.8, 4) is 0 Å². The van der Waals surface area contributed by atoms with Gasteiger partial charge in [-0.25, -0.2) is 4.79 Å². The number of rotatable bonds is 6. The summed E-state index contributed by atoms with van der Waals surface area (Å²) in [7, 11) is 0. The molecule has 5 nitrogen and oxygen atoms in total. The Hall–Kier alpha value is -1.56. The number of carbonyl (C=O) groups excluding carboxylic acids is 1. The van der Waals surface area contributed by atoms with Crippen molar-refractivity contribution in [2.45, 2.75) is 18.7 Å². The summed E-state index contributed by atoms with van der Waals surface area (Å²) in [6.45, 7) is 1.30. The van der Waals surface area contributed by atoms with E-state index < -0.39 is 12.0 Å². The fourth-order valence-electron chi connectivity index (χ4n) is 1.18. The van der Waals surface area contributed by atoms with Crippen LogP contribution in [0.4, 0.5) is 0 Å². The van der Waals surface area contributed by atoms with Gasteiger partial charge in [0.25, 0.3) is 0 Å². The van der Waals surface area contributed by atoms with Crippen molar-refractivity contribution in [3.05, 3.63) is 30.1 Å².